The zero-order valence-electron chi connectivity index (χ0n) is 10.6. The molecule has 2 heteroatoms. The molecule has 0 amide bonds. The first-order valence-corrected chi connectivity index (χ1v) is 6.36. The molecule has 1 aliphatic carbocycles. The third-order valence-corrected chi connectivity index (χ3v) is 4.37. The number of hydrogen-bond acceptors (Lipinski definition) is 2. The molecule has 0 bridgehead atoms. The molecule has 15 heavy (non-hydrogen) atoms. The van der Waals surface area contributed by atoms with E-state index in [0.29, 0.717) is 17.6 Å². The lowest BCUT2D eigenvalue weighted by Crippen LogP contribution is -2.65. The van der Waals surface area contributed by atoms with E-state index < -0.39 is 0 Å². The summed E-state index contributed by atoms with van der Waals surface area (Å²) in [6, 6.07) is 0.576. The fraction of sp³-hybridized carbons (Fsp3) is 1.00. The largest absolute Gasteiger partial charge is 0.374 e. The topological polar surface area (TPSA) is 21.3 Å². The summed E-state index contributed by atoms with van der Waals surface area (Å²) in [5.41, 5.74) is 0.555. The van der Waals surface area contributed by atoms with Crippen LogP contribution in [0.3, 0.4) is 0 Å². The Hall–Kier alpha value is -0.0800. The van der Waals surface area contributed by atoms with Crippen molar-refractivity contribution in [2.75, 3.05) is 6.61 Å². The predicted octanol–water partition coefficient (Wildman–Crippen LogP) is 2.72. The maximum atomic E-state index is 6.14. The van der Waals surface area contributed by atoms with Gasteiger partial charge in [0.05, 0.1) is 12.7 Å². The minimum Gasteiger partial charge on any atom is -0.374 e. The second-order valence-electron chi connectivity index (χ2n) is 6.28. The molecular weight excluding hydrogens is 186 g/mol. The van der Waals surface area contributed by atoms with Crippen LogP contribution in [0.4, 0.5) is 0 Å². The summed E-state index contributed by atoms with van der Waals surface area (Å²) in [7, 11) is 0. The molecule has 2 nitrogen and oxygen atoms in total. The molecule has 3 unspecified atom stereocenters. The lowest BCUT2D eigenvalue weighted by molar-refractivity contribution is -0.128. The average molecular weight is 211 g/mol. The van der Waals surface area contributed by atoms with Gasteiger partial charge in [-0.15, -0.1) is 0 Å². The summed E-state index contributed by atoms with van der Waals surface area (Å²) < 4.78 is 6.14. The molecule has 0 aromatic heterocycles. The lowest BCUT2D eigenvalue weighted by atomic mass is 9.71. The third-order valence-electron chi connectivity index (χ3n) is 4.37. The fourth-order valence-corrected chi connectivity index (χ4v) is 3.07. The monoisotopic (exact) mass is 211 g/mol. The van der Waals surface area contributed by atoms with E-state index in [1.54, 1.807) is 0 Å². The van der Waals surface area contributed by atoms with E-state index in [9.17, 15) is 0 Å². The number of fused-ring (bicyclic) bond motifs is 1. The van der Waals surface area contributed by atoms with Crippen LogP contribution in [0.5, 0.6) is 0 Å². The number of ether oxygens (including phenoxy) is 1. The van der Waals surface area contributed by atoms with E-state index in [1.165, 1.54) is 19.3 Å². The highest BCUT2D eigenvalue weighted by atomic mass is 16.5. The van der Waals surface area contributed by atoms with Gasteiger partial charge in [0.15, 0.2) is 0 Å². The number of hydrogen-bond donors (Lipinski definition) is 1. The zero-order valence-corrected chi connectivity index (χ0v) is 10.6. The highest BCUT2D eigenvalue weighted by molar-refractivity contribution is 5.01. The first-order valence-electron chi connectivity index (χ1n) is 6.36. The molecule has 1 N–H and O–H groups in total. The van der Waals surface area contributed by atoms with E-state index in [-0.39, 0.29) is 5.54 Å². The molecule has 2 fully saturated rings. The van der Waals surface area contributed by atoms with Crippen LogP contribution >= 0.6 is 0 Å². The Labute approximate surface area is 93.8 Å². The standard InChI is InChI=1S/C13H25NO/c1-5-13(4)9-15-11-10(14-13)7-6-8-12(11,2)3/h10-11,14H,5-9H2,1-4H3. The van der Waals surface area contributed by atoms with Gasteiger partial charge in [0.1, 0.15) is 0 Å². The maximum absolute atomic E-state index is 6.14. The zero-order chi connectivity index (χ0) is 11.1. The predicted molar refractivity (Wildman–Crippen MR) is 63.0 cm³/mol. The highest BCUT2D eigenvalue weighted by Gasteiger charge is 2.45. The Morgan fingerprint density at radius 2 is 2.07 bits per heavy atom. The summed E-state index contributed by atoms with van der Waals surface area (Å²) >= 11 is 0. The average Bonchev–Trinajstić information content (AvgIpc) is 2.17. The Morgan fingerprint density at radius 1 is 1.33 bits per heavy atom. The van der Waals surface area contributed by atoms with Crippen molar-refractivity contribution in [1.82, 2.24) is 5.32 Å². The Kier molecular flexibility index (Phi) is 2.85. The minimum atomic E-state index is 0.203. The molecular formula is C13H25NO. The Morgan fingerprint density at radius 3 is 2.73 bits per heavy atom. The van der Waals surface area contributed by atoms with Gasteiger partial charge < -0.3 is 10.1 Å². The fourth-order valence-electron chi connectivity index (χ4n) is 3.07. The van der Waals surface area contributed by atoms with Crippen molar-refractivity contribution in [3.05, 3.63) is 0 Å². The molecule has 0 aromatic rings. The van der Waals surface area contributed by atoms with E-state index in [1.807, 2.05) is 0 Å². The smallest absolute Gasteiger partial charge is 0.0779 e. The van der Waals surface area contributed by atoms with Crippen LogP contribution in [0, 0.1) is 5.41 Å². The van der Waals surface area contributed by atoms with E-state index >= 15 is 0 Å². The van der Waals surface area contributed by atoms with Gasteiger partial charge in [0.2, 0.25) is 0 Å². The quantitative estimate of drug-likeness (QED) is 0.720. The van der Waals surface area contributed by atoms with E-state index in [2.05, 4.69) is 33.0 Å². The Balaban J connectivity index is 2.10. The van der Waals surface area contributed by atoms with Gasteiger partial charge >= 0.3 is 0 Å². The summed E-state index contributed by atoms with van der Waals surface area (Å²) in [4.78, 5) is 0. The van der Waals surface area contributed by atoms with Crippen LogP contribution in [-0.2, 0) is 4.74 Å². The number of rotatable bonds is 1. The van der Waals surface area contributed by atoms with Crippen LogP contribution in [0.1, 0.15) is 53.4 Å². The van der Waals surface area contributed by atoms with Crippen LogP contribution in [0.15, 0.2) is 0 Å². The van der Waals surface area contributed by atoms with Crippen molar-refractivity contribution in [3.63, 3.8) is 0 Å². The van der Waals surface area contributed by atoms with Crippen LogP contribution in [0.2, 0.25) is 0 Å². The summed E-state index contributed by atoms with van der Waals surface area (Å²) in [6.07, 6.45) is 5.49. The summed E-state index contributed by atoms with van der Waals surface area (Å²) in [5, 5.41) is 3.81. The molecule has 1 saturated heterocycles. The van der Waals surface area contributed by atoms with Gasteiger partial charge in [-0.05, 0) is 31.6 Å². The van der Waals surface area contributed by atoms with Crippen molar-refractivity contribution >= 4 is 0 Å². The van der Waals surface area contributed by atoms with Gasteiger partial charge in [0, 0.05) is 11.6 Å². The van der Waals surface area contributed by atoms with Crippen LogP contribution in [-0.4, -0.2) is 24.3 Å². The molecule has 1 aliphatic heterocycles. The normalized spacial score (nSPS) is 44.8. The minimum absolute atomic E-state index is 0.203. The van der Waals surface area contributed by atoms with Crippen molar-refractivity contribution in [2.45, 2.75) is 71.1 Å². The molecule has 0 spiro atoms. The molecule has 1 saturated carbocycles. The van der Waals surface area contributed by atoms with E-state index in [0.717, 1.165) is 13.0 Å². The van der Waals surface area contributed by atoms with Gasteiger partial charge in [-0.2, -0.15) is 0 Å². The molecule has 2 rings (SSSR count). The Bertz CT molecular complexity index is 239. The van der Waals surface area contributed by atoms with Crippen molar-refractivity contribution < 1.29 is 4.74 Å². The number of morpholine rings is 1. The molecule has 0 radical (unpaired) electrons. The van der Waals surface area contributed by atoms with Gasteiger partial charge in [-0.3, -0.25) is 0 Å². The summed E-state index contributed by atoms with van der Waals surface area (Å²) in [6.45, 7) is 10.1. The molecule has 88 valence electrons. The molecule has 2 aliphatic rings. The van der Waals surface area contributed by atoms with Crippen LogP contribution in [0.25, 0.3) is 0 Å². The molecule has 1 heterocycles. The first-order chi connectivity index (χ1) is 6.97. The second kappa shape index (κ2) is 3.74. The second-order valence-corrected chi connectivity index (χ2v) is 6.28. The first kappa shape index (κ1) is 11.4. The van der Waals surface area contributed by atoms with Gasteiger partial charge in [0.25, 0.3) is 0 Å². The summed E-state index contributed by atoms with van der Waals surface area (Å²) in [5.74, 6) is 0. The van der Waals surface area contributed by atoms with Crippen molar-refractivity contribution in [3.8, 4) is 0 Å². The molecule has 0 aromatic carbocycles. The number of nitrogens with one attached hydrogen (secondary N) is 1. The van der Waals surface area contributed by atoms with Gasteiger partial charge in [-0.25, -0.2) is 0 Å². The van der Waals surface area contributed by atoms with Crippen molar-refractivity contribution in [1.29, 1.82) is 0 Å². The van der Waals surface area contributed by atoms with E-state index in [4.69, 9.17) is 4.74 Å². The third kappa shape index (κ3) is 2.07. The lowest BCUT2D eigenvalue weighted by Gasteiger charge is -2.52. The SMILES string of the molecule is CCC1(C)COC2C(CCCC2(C)C)N1. The molecule has 3 atom stereocenters. The van der Waals surface area contributed by atoms with Gasteiger partial charge in [-0.1, -0.05) is 27.2 Å². The maximum Gasteiger partial charge on any atom is 0.0779 e. The highest BCUT2D eigenvalue weighted by Crippen LogP contribution is 2.40. The van der Waals surface area contributed by atoms with Crippen LogP contribution < -0.4 is 5.32 Å². The van der Waals surface area contributed by atoms with Crippen molar-refractivity contribution in [2.24, 2.45) is 5.41 Å².